The standard InChI is InChI=1S/C12H22N4O2/c1-5-14(2)7-6-13-9-10-8-11(17)16(4)12(18)15(10)3/h8,13H,5-7,9H2,1-4H3. The first-order chi connectivity index (χ1) is 8.47. The Bertz CT molecular complexity index is 504. The van der Waals surface area contributed by atoms with E-state index < -0.39 is 0 Å². The van der Waals surface area contributed by atoms with Crippen molar-refractivity contribution < 1.29 is 0 Å². The first kappa shape index (κ1) is 14.7. The molecular formula is C12H22N4O2. The van der Waals surface area contributed by atoms with Crippen LogP contribution >= 0.6 is 0 Å². The Kier molecular flexibility index (Phi) is 5.30. The molecule has 0 aromatic carbocycles. The highest BCUT2D eigenvalue weighted by Gasteiger charge is 2.05. The van der Waals surface area contributed by atoms with E-state index in [1.54, 1.807) is 7.05 Å². The maximum absolute atomic E-state index is 11.7. The van der Waals surface area contributed by atoms with Crippen LogP contribution in [0.15, 0.2) is 15.7 Å². The predicted octanol–water partition coefficient (Wildman–Crippen LogP) is -0.875. The summed E-state index contributed by atoms with van der Waals surface area (Å²) in [4.78, 5) is 25.4. The number of likely N-dealkylation sites (N-methyl/N-ethyl adjacent to an activating group) is 1. The third-order valence-corrected chi connectivity index (χ3v) is 3.14. The zero-order chi connectivity index (χ0) is 13.7. The molecule has 0 fully saturated rings. The van der Waals surface area contributed by atoms with E-state index in [9.17, 15) is 9.59 Å². The van der Waals surface area contributed by atoms with Gasteiger partial charge in [-0.25, -0.2) is 4.79 Å². The first-order valence-corrected chi connectivity index (χ1v) is 6.12. The molecule has 6 heteroatoms. The molecule has 6 nitrogen and oxygen atoms in total. The highest BCUT2D eigenvalue weighted by molar-refractivity contribution is 5.01. The average Bonchev–Trinajstić information content (AvgIpc) is 2.37. The molecule has 0 aliphatic heterocycles. The topological polar surface area (TPSA) is 59.3 Å². The van der Waals surface area contributed by atoms with Crippen molar-refractivity contribution in [2.75, 3.05) is 26.7 Å². The van der Waals surface area contributed by atoms with Gasteiger partial charge in [0.1, 0.15) is 0 Å². The number of aromatic nitrogens is 2. The number of nitrogens with one attached hydrogen (secondary N) is 1. The fraction of sp³-hybridized carbons (Fsp3) is 0.667. The van der Waals surface area contributed by atoms with Crippen LogP contribution in [0.25, 0.3) is 0 Å². The van der Waals surface area contributed by atoms with Crippen LogP contribution in [0.5, 0.6) is 0 Å². The lowest BCUT2D eigenvalue weighted by Crippen LogP contribution is -2.39. The Morgan fingerprint density at radius 2 is 1.94 bits per heavy atom. The van der Waals surface area contributed by atoms with E-state index in [0.29, 0.717) is 12.2 Å². The van der Waals surface area contributed by atoms with Gasteiger partial charge in [0.2, 0.25) is 0 Å². The Labute approximate surface area is 107 Å². The lowest BCUT2D eigenvalue weighted by atomic mass is 10.3. The Balaban J connectivity index is 2.64. The van der Waals surface area contributed by atoms with E-state index in [4.69, 9.17) is 0 Å². The SMILES string of the molecule is CCN(C)CCNCc1cc(=O)n(C)c(=O)n1C. The van der Waals surface area contributed by atoms with Crippen LogP contribution < -0.4 is 16.6 Å². The second-order valence-electron chi connectivity index (χ2n) is 4.45. The van der Waals surface area contributed by atoms with E-state index in [0.717, 1.165) is 24.2 Å². The van der Waals surface area contributed by atoms with Gasteiger partial charge >= 0.3 is 5.69 Å². The van der Waals surface area contributed by atoms with E-state index >= 15 is 0 Å². The van der Waals surface area contributed by atoms with E-state index in [1.807, 2.05) is 0 Å². The van der Waals surface area contributed by atoms with Crippen LogP contribution in [-0.2, 0) is 20.6 Å². The van der Waals surface area contributed by atoms with Crippen molar-refractivity contribution >= 4 is 0 Å². The molecule has 0 bridgehead atoms. The second kappa shape index (κ2) is 6.51. The molecule has 1 aromatic heterocycles. The number of rotatable bonds is 6. The van der Waals surface area contributed by atoms with Gasteiger partial charge in [0.25, 0.3) is 5.56 Å². The molecule has 0 atom stereocenters. The summed E-state index contributed by atoms with van der Waals surface area (Å²) in [5, 5.41) is 3.23. The first-order valence-electron chi connectivity index (χ1n) is 6.12. The Morgan fingerprint density at radius 3 is 2.56 bits per heavy atom. The summed E-state index contributed by atoms with van der Waals surface area (Å²) in [6, 6.07) is 1.50. The lowest BCUT2D eigenvalue weighted by Gasteiger charge is -2.15. The van der Waals surface area contributed by atoms with Crippen molar-refractivity contribution in [1.29, 1.82) is 0 Å². The fourth-order valence-electron chi connectivity index (χ4n) is 1.59. The fourth-order valence-corrected chi connectivity index (χ4v) is 1.59. The van der Waals surface area contributed by atoms with Gasteiger partial charge in [0.05, 0.1) is 0 Å². The van der Waals surface area contributed by atoms with Gasteiger partial charge in [0.15, 0.2) is 0 Å². The summed E-state index contributed by atoms with van der Waals surface area (Å²) in [5.41, 5.74) is 0.160. The Hall–Kier alpha value is -1.40. The summed E-state index contributed by atoms with van der Waals surface area (Å²) in [7, 11) is 5.21. The third-order valence-electron chi connectivity index (χ3n) is 3.14. The van der Waals surface area contributed by atoms with Crippen LogP contribution in [0.2, 0.25) is 0 Å². The number of nitrogens with zero attached hydrogens (tertiary/aromatic N) is 3. The van der Waals surface area contributed by atoms with Crippen LogP contribution in [0, 0.1) is 0 Å². The Morgan fingerprint density at radius 1 is 1.28 bits per heavy atom. The lowest BCUT2D eigenvalue weighted by molar-refractivity contribution is 0.348. The van der Waals surface area contributed by atoms with E-state index in [-0.39, 0.29) is 11.2 Å². The van der Waals surface area contributed by atoms with Crippen molar-refractivity contribution in [2.24, 2.45) is 14.1 Å². The zero-order valence-electron chi connectivity index (χ0n) is 11.6. The highest BCUT2D eigenvalue weighted by Crippen LogP contribution is 1.89. The van der Waals surface area contributed by atoms with Gasteiger partial charge in [0, 0.05) is 45.5 Å². The molecule has 102 valence electrons. The van der Waals surface area contributed by atoms with Crippen molar-refractivity contribution in [3.05, 3.63) is 32.6 Å². The van der Waals surface area contributed by atoms with Crippen LogP contribution in [-0.4, -0.2) is 40.7 Å². The monoisotopic (exact) mass is 254 g/mol. The number of hydrogen-bond donors (Lipinski definition) is 1. The van der Waals surface area contributed by atoms with Crippen LogP contribution in [0.1, 0.15) is 12.6 Å². The van der Waals surface area contributed by atoms with Gasteiger partial charge in [-0.2, -0.15) is 0 Å². The molecule has 1 N–H and O–H groups in total. The summed E-state index contributed by atoms with van der Waals surface area (Å²) < 4.78 is 2.60. The van der Waals surface area contributed by atoms with Crippen molar-refractivity contribution in [3.8, 4) is 0 Å². The zero-order valence-corrected chi connectivity index (χ0v) is 11.6. The van der Waals surface area contributed by atoms with Gasteiger partial charge < -0.3 is 10.2 Å². The minimum atomic E-state index is -0.287. The molecule has 0 amide bonds. The summed E-state index contributed by atoms with van der Waals surface area (Å²) in [6.45, 7) is 5.40. The second-order valence-corrected chi connectivity index (χ2v) is 4.45. The number of hydrogen-bond acceptors (Lipinski definition) is 4. The highest BCUT2D eigenvalue weighted by atomic mass is 16.2. The maximum atomic E-state index is 11.7. The molecule has 0 aliphatic rings. The molecule has 0 spiro atoms. The minimum Gasteiger partial charge on any atom is -0.310 e. The van der Waals surface area contributed by atoms with E-state index in [1.165, 1.54) is 17.7 Å². The van der Waals surface area contributed by atoms with Crippen molar-refractivity contribution in [2.45, 2.75) is 13.5 Å². The molecule has 0 saturated carbocycles. The van der Waals surface area contributed by atoms with Crippen molar-refractivity contribution in [1.82, 2.24) is 19.4 Å². The van der Waals surface area contributed by atoms with Gasteiger partial charge in [-0.05, 0) is 13.6 Å². The van der Waals surface area contributed by atoms with Crippen LogP contribution in [0.3, 0.4) is 0 Å². The summed E-state index contributed by atoms with van der Waals surface area (Å²) in [6.07, 6.45) is 0. The molecule has 1 aromatic rings. The molecule has 18 heavy (non-hydrogen) atoms. The predicted molar refractivity (Wildman–Crippen MR) is 71.8 cm³/mol. The third kappa shape index (κ3) is 3.54. The quantitative estimate of drug-likeness (QED) is 0.670. The van der Waals surface area contributed by atoms with Crippen molar-refractivity contribution in [3.63, 3.8) is 0 Å². The summed E-state index contributed by atoms with van der Waals surface area (Å²) >= 11 is 0. The molecule has 0 aliphatic carbocycles. The molecule has 0 radical (unpaired) electrons. The maximum Gasteiger partial charge on any atom is 0.330 e. The largest absolute Gasteiger partial charge is 0.330 e. The average molecular weight is 254 g/mol. The van der Waals surface area contributed by atoms with Crippen LogP contribution in [0.4, 0.5) is 0 Å². The minimum absolute atomic E-state index is 0.263. The molecule has 0 saturated heterocycles. The van der Waals surface area contributed by atoms with Gasteiger partial charge in [-0.15, -0.1) is 0 Å². The van der Waals surface area contributed by atoms with E-state index in [2.05, 4.69) is 24.2 Å². The summed E-state index contributed by atoms with van der Waals surface area (Å²) in [5.74, 6) is 0. The molecule has 1 rings (SSSR count). The molecule has 1 heterocycles. The smallest absolute Gasteiger partial charge is 0.310 e. The van der Waals surface area contributed by atoms with Gasteiger partial charge in [-0.3, -0.25) is 13.9 Å². The normalized spacial score (nSPS) is 11.2. The van der Waals surface area contributed by atoms with Gasteiger partial charge in [-0.1, -0.05) is 6.92 Å². The molecule has 0 unspecified atom stereocenters. The molecular weight excluding hydrogens is 232 g/mol.